The third-order valence-electron chi connectivity index (χ3n) is 4.09. The zero-order chi connectivity index (χ0) is 18.1. The first-order valence-corrected chi connectivity index (χ1v) is 8.38. The number of hydrogen-bond acceptors (Lipinski definition) is 5. The summed E-state index contributed by atoms with van der Waals surface area (Å²) in [5.74, 6) is 0.753. The molecule has 26 heavy (non-hydrogen) atoms. The third-order valence-corrected chi connectivity index (χ3v) is 4.09. The molecule has 7 heteroatoms. The number of hydrogen-bond donors (Lipinski definition) is 0. The van der Waals surface area contributed by atoms with Crippen LogP contribution in [-0.2, 0) is 9.47 Å². The lowest BCUT2D eigenvalue weighted by Gasteiger charge is -2.33. The molecule has 4 rings (SSSR count). The van der Waals surface area contributed by atoms with E-state index in [-0.39, 0.29) is 11.2 Å². The molecule has 1 aromatic carbocycles. The smallest absolute Gasteiger partial charge is 0.221 e. The fraction of sp³-hybridized carbons (Fsp3) is 0.316. The van der Waals surface area contributed by atoms with Gasteiger partial charge in [0.1, 0.15) is 5.82 Å². The van der Waals surface area contributed by atoms with Gasteiger partial charge in [-0.15, -0.1) is 5.10 Å². The van der Waals surface area contributed by atoms with Gasteiger partial charge in [0.15, 0.2) is 5.82 Å². The quantitative estimate of drug-likeness (QED) is 0.720. The highest BCUT2D eigenvalue weighted by Crippen LogP contribution is 2.31. The maximum atomic E-state index is 13.3. The minimum Gasteiger partial charge on any atom is -0.345 e. The van der Waals surface area contributed by atoms with Crippen LogP contribution in [0.5, 0.6) is 0 Å². The number of rotatable bonds is 3. The van der Waals surface area contributed by atoms with Crippen LogP contribution in [0.2, 0.25) is 0 Å². The summed E-state index contributed by atoms with van der Waals surface area (Å²) < 4.78 is 26.6. The van der Waals surface area contributed by atoms with Gasteiger partial charge >= 0.3 is 0 Å². The Morgan fingerprint density at radius 2 is 1.69 bits per heavy atom. The second-order valence-corrected chi connectivity index (χ2v) is 7.04. The number of benzene rings is 1. The monoisotopic (exact) mass is 354 g/mol. The van der Waals surface area contributed by atoms with Crippen LogP contribution in [0.15, 0.2) is 48.8 Å². The molecule has 0 saturated carbocycles. The van der Waals surface area contributed by atoms with Gasteiger partial charge in [-0.25, -0.2) is 14.1 Å². The highest BCUT2D eigenvalue weighted by atomic mass is 19.1. The summed E-state index contributed by atoms with van der Waals surface area (Å²) in [6.07, 6.45) is 2.76. The first-order chi connectivity index (χ1) is 12.5. The number of aromatic nitrogens is 4. The normalized spacial score (nSPS) is 17.3. The van der Waals surface area contributed by atoms with Crippen LogP contribution in [0, 0.1) is 11.2 Å². The Bertz CT molecular complexity index is 884. The summed E-state index contributed by atoms with van der Waals surface area (Å²) in [5, 5.41) is 4.57. The largest absolute Gasteiger partial charge is 0.345 e. The van der Waals surface area contributed by atoms with Gasteiger partial charge in [-0.2, -0.15) is 0 Å². The van der Waals surface area contributed by atoms with Crippen molar-refractivity contribution < 1.29 is 13.9 Å². The molecule has 0 spiro atoms. The summed E-state index contributed by atoms with van der Waals surface area (Å²) in [6, 6.07) is 9.79. The summed E-state index contributed by atoms with van der Waals surface area (Å²) in [6.45, 7) is 5.28. The molecular formula is C19H19FN4O2. The second-order valence-electron chi connectivity index (χ2n) is 7.04. The Hall–Kier alpha value is -2.64. The fourth-order valence-corrected chi connectivity index (χ4v) is 2.72. The van der Waals surface area contributed by atoms with Crippen molar-refractivity contribution in [1.29, 1.82) is 0 Å². The van der Waals surface area contributed by atoms with Gasteiger partial charge in [0.05, 0.1) is 18.9 Å². The van der Waals surface area contributed by atoms with Crippen LogP contribution in [0.25, 0.3) is 17.1 Å². The highest BCUT2D eigenvalue weighted by molar-refractivity contribution is 5.57. The molecule has 0 bridgehead atoms. The summed E-state index contributed by atoms with van der Waals surface area (Å²) >= 11 is 0. The Labute approximate surface area is 150 Å². The van der Waals surface area contributed by atoms with Gasteiger partial charge < -0.3 is 9.47 Å². The van der Waals surface area contributed by atoms with E-state index in [0.29, 0.717) is 30.5 Å². The molecular weight excluding hydrogens is 335 g/mol. The first-order valence-electron chi connectivity index (χ1n) is 8.38. The zero-order valence-electron chi connectivity index (χ0n) is 14.6. The van der Waals surface area contributed by atoms with Crippen LogP contribution < -0.4 is 0 Å². The van der Waals surface area contributed by atoms with E-state index in [1.165, 1.54) is 12.1 Å². The van der Waals surface area contributed by atoms with E-state index in [1.807, 2.05) is 12.1 Å². The maximum Gasteiger partial charge on any atom is 0.221 e. The van der Waals surface area contributed by atoms with Gasteiger partial charge in [0, 0.05) is 23.4 Å². The lowest BCUT2D eigenvalue weighted by Crippen LogP contribution is -2.34. The molecule has 1 aliphatic heterocycles. The lowest BCUT2D eigenvalue weighted by molar-refractivity contribution is -0.229. The number of ether oxygens (including phenoxy) is 2. The van der Waals surface area contributed by atoms with E-state index < -0.39 is 6.29 Å². The van der Waals surface area contributed by atoms with E-state index in [0.717, 1.165) is 5.56 Å². The van der Waals surface area contributed by atoms with E-state index >= 15 is 0 Å². The van der Waals surface area contributed by atoms with Crippen molar-refractivity contribution in [2.24, 2.45) is 5.41 Å². The minimum atomic E-state index is -0.620. The third kappa shape index (κ3) is 3.36. The second kappa shape index (κ2) is 6.59. The van der Waals surface area contributed by atoms with Crippen LogP contribution in [0.3, 0.4) is 0 Å². The molecule has 3 aromatic rings. The van der Waals surface area contributed by atoms with Crippen molar-refractivity contribution in [2.45, 2.75) is 20.1 Å². The number of halogens is 1. The predicted octanol–water partition coefficient (Wildman–Crippen LogP) is 3.54. The van der Waals surface area contributed by atoms with Gasteiger partial charge in [-0.05, 0) is 36.4 Å². The molecule has 0 radical (unpaired) electrons. The van der Waals surface area contributed by atoms with Crippen LogP contribution in [0.4, 0.5) is 4.39 Å². The fourth-order valence-electron chi connectivity index (χ4n) is 2.72. The lowest BCUT2D eigenvalue weighted by atomic mass is 9.96. The van der Waals surface area contributed by atoms with E-state index in [4.69, 9.17) is 9.47 Å². The molecule has 0 aliphatic carbocycles. The zero-order valence-corrected chi connectivity index (χ0v) is 14.6. The Kier molecular flexibility index (Phi) is 4.26. The Balaban J connectivity index is 1.74. The summed E-state index contributed by atoms with van der Waals surface area (Å²) in [7, 11) is 0. The van der Waals surface area contributed by atoms with Crippen LogP contribution in [0.1, 0.15) is 26.0 Å². The summed E-state index contributed by atoms with van der Waals surface area (Å²) in [5.41, 5.74) is 1.51. The van der Waals surface area contributed by atoms with Crippen LogP contribution in [-0.4, -0.2) is 33.0 Å². The number of nitrogens with zero attached hydrogens (tertiary/aromatic N) is 4. The van der Waals surface area contributed by atoms with E-state index in [2.05, 4.69) is 28.9 Å². The average molecular weight is 354 g/mol. The molecule has 2 aromatic heterocycles. The molecule has 0 amide bonds. The van der Waals surface area contributed by atoms with Crippen molar-refractivity contribution in [3.05, 3.63) is 60.4 Å². The number of pyridine rings is 1. The molecule has 0 N–H and O–H groups in total. The molecule has 1 fully saturated rings. The average Bonchev–Trinajstić information content (AvgIpc) is 3.08. The van der Waals surface area contributed by atoms with Crippen molar-refractivity contribution in [3.63, 3.8) is 0 Å². The van der Waals surface area contributed by atoms with Gasteiger partial charge in [0.25, 0.3) is 0 Å². The SMILES string of the molecule is CC1(C)COC(c2nc(-c3ccncc3)n(-c3ccc(F)cc3)n2)OC1. The Morgan fingerprint density at radius 1 is 1.04 bits per heavy atom. The predicted molar refractivity (Wildman–Crippen MR) is 93.0 cm³/mol. The van der Waals surface area contributed by atoms with Crippen molar-refractivity contribution in [3.8, 4) is 17.1 Å². The van der Waals surface area contributed by atoms with Gasteiger partial charge in [0.2, 0.25) is 12.1 Å². The van der Waals surface area contributed by atoms with Gasteiger partial charge in [-0.3, -0.25) is 4.98 Å². The van der Waals surface area contributed by atoms with Crippen molar-refractivity contribution in [2.75, 3.05) is 13.2 Å². The molecule has 3 heterocycles. The topological polar surface area (TPSA) is 62.1 Å². The standard InChI is InChI=1S/C19H19FN4O2/c1-19(2)11-25-18(26-12-19)16-22-17(13-7-9-21-10-8-13)24(23-16)15-5-3-14(20)4-6-15/h3-10,18H,11-12H2,1-2H3. The van der Waals surface area contributed by atoms with Crippen molar-refractivity contribution >= 4 is 0 Å². The van der Waals surface area contributed by atoms with E-state index in [9.17, 15) is 4.39 Å². The van der Waals surface area contributed by atoms with Gasteiger partial charge in [-0.1, -0.05) is 13.8 Å². The first kappa shape index (κ1) is 16.8. The van der Waals surface area contributed by atoms with E-state index in [1.54, 1.807) is 29.2 Å². The molecule has 1 aliphatic rings. The molecule has 134 valence electrons. The van der Waals surface area contributed by atoms with Crippen LogP contribution >= 0.6 is 0 Å². The molecule has 0 atom stereocenters. The molecule has 6 nitrogen and oxygen atoms in total. The molecule has 1 saturated heterocycles. The molecule has 0 unspecified atom stereocenters. The maximum absolute atomic E-state index is 13.3. The Morgan fingerprint density at radius 3 is 2.35 bits per heavy atom. The highest BCUT2D eigenvalue weighted by Gasteiger charge is 2.32. The summed E-state index contributed by atoms with van der Waals surface area (Å²) in [4.78, 5) is 8.67. The van der Waals surface area contributed by atoms with Crippen molar-refractivity contribution in [1.82, 2.24) is 19.7 Å². The minimum absolute atomic E-state index is 0.0377.